The van der Waals surface area contributed by atoms with Gasteiger partial charge in [-0.05, 0) is 24.8 Å². The van der Waals surface area contributed by atoms with E-state index in [9.17, 15) is 0 Å². The molecule has 2 fully saturated rings. The molecule has 4 nitrogen and oxygen atoms in total. The van der Waals surface area contributed by atoms with Crippen LogP contribution in [-0.2, 0) is 4.74 Å². The smallest absolute Gasteiger partial charge is 0.135 e. The first-order chi connectivity index (χ1) is 10.3. The molecule has 0 radical (unpaired) electrons. The lowest BCUT2D eigenvalue weighted by atomic mass is 9.86. The minimum absolute atomic E-state index is 0.313. The summed E-state index contributed by atoms with van der Waals surface area (Å²) in [7, 11) is 0. The molecule has 0 saturated carbocycles. The Bertz CT molecular complexity index is 456. The summed E-state index contributed by atoms with van der Waals surface area (Å²) in [6.07, 6.45) is 2.15. The average molecular weight is 330 g/mol. The van der Waals surface area contributed by atoms with Gasteiger partial charge in [0.25, 0.3) is 0 Å². The Morgan fingerprint density at radius 3 is 2.57 bits per heavy atom. The van der Waals surface area contributed by atoms with E-state index in [4.69, 9.17) is 27.9 Å². The molecular formula is C15H21Cl2N3O. The maximum absolute atomic E-state index is 6.39. The third-order valence-electron chi connectivity index (χ3n) is 4.42. The molecule has 2 saturated heterocycles. The summed E-state index contributed by atoms with van der Waals surface area (Å²) in [5, 5.41) is 4.40. The fourth-order valence-corrected chi connectivity index (χ4v) is 3.84. The summed E-state index contributed by atoms with van der Waals surface area (Å²) in [6.45, 7) is 5.82. The Morgan fingerprint density at radius 1 is 1.19 bits per heavy atom. The second-order valence-electron chi connectivity index (χ2n) is 5.69. The monoisotopic (exact) mass is 329 g/mol. The lowest BCUT2D eigenvalue weighted by molar-refractivity contribution is 0.0212. The van der Waals surface area contributed by atoms with Crippen molar-refractivity contribution >= 4 is 23.2 Å². The summed E-state index contributed by atoms with van der Waals surface area (Å²) < 4.78 is 5.52. The maximum Gasteiger partial charge on any atom is 0.135 e. The van der Waals surface area contributed by atoms with E-state index in [1.54, 1.807) is 0 Å². The first-order valence-corrected chi connectivity index (χ1v) is 8.36. The molecule has 2 aliphatic heterocycles. The molecule has 21 heavy (non-hydrogen) atoms. The van der Waals surface area contributed by atoms with Crippen LogP contribution in [0.1, 0.15) is 24.4 Å². The van der Waals surface area contributed by atoms with Gasteiger partial charge in [-0.25, -0.2) is 4.98 Å². The molecular weight excluding hydrogens is 309 g/mol. The average Bonchev–Trinajstić information content (AvgIpc) is 2.52. The van der Waals surface area contributed by atoms with Gasteiger partial charge in [-0.3, -0.25) is 4.90 Å². The number of aromatic nitrogens is 1. The van der Waals surface area contributed by atoms with Crippen LogP contribution in [-0.4, -0.2) is 49.3 Å². The zero-order valence-electron chi connectivity index (χ0n) is 12.0. The van der Waals surface area contributed by atoms with Gasteiger partial charge in [0.05, 0.1) is 0 Å². The summed E-state index contributed by atoms with van der Waals surface area (Å²) in [4.78, 5) is 6.77. The van der Waals surface area contributed by atoms with Crippen LogP contribution in [0.4, 0.5) is 0 Å². The Labute approximate surface area is 135 Å². The highest BCUT2D eigenvalue weighted by Crippen LogP contribution is 2.38. The van der Waals surface area contributed by atoms with E-state index < -0.39 is 0 Å². The van der Waals surface area contributed by atoms with Crippen LogP contribution in [0.25, 0.3) is 0 Å². The number of halogens is 2. The number of hydrogen-bond donors (Lipinski definition) is 1. The van der Waals surface area contributed by atoms with E-state index >= 15 is 0 Å². The number of nitrogens with one attached hydrogen (secondary N) is 1. The number of hydrogen-bond acceptors (Lipinski definition) is 4. The zero-order chi connectivity index (χ0) is 14.7. The van der Waals surface area contributed by atoms with Gasteiger partial charge in [-0.15, -0.1) is 0 Å². The van der Waals surface area contributed by atoms with Crippen LogP contribution < -0.4 is 5.32 Å². The molecule has 3 rings (SSSR count). The van der Waals surface area contributed by atoms with Crippen molar-refractivity contribution in [3.63, 3.8) is 0 Å². The van der Waals surface area contributed by atoms with Crippen molar-refractivity contribution < 1.29 is 4.74 Å². The van der Waals surface area contributed by atoms with Crippen LogP contribution in [0.3, 0.4) is 0 Å². The van der Waals surface area contributed by atoms with Crippen LogP contribution in [0.5, 0.6) is 0 Å². The molecule has 6 heteroatoms. The molecule has 0 aromatic carbocycles. The Hall–Kier alpha value is -0.390. The van der Waals surface area contributed by atoms with Gasteiger partial charge >= 0.3 is 0 Å². The van der Waals surface area contributed by atoms with E-state index in [0.717, 1.165) is 57.8 Å². The van der Waals surface area contributed by atoms with Crippen molar-refractivity contribution in [1.82, 2.24) is 15.2 Å². The van der Waals surface area contributed by atoms with Crippen molar-refractivity contribution in [1.29, 1.82) is 0 Å². The van der Waals surface area contributed by atoms with Crippen molar-refractivity contribution in [2.75, 3.05) is 39.4 Å². The number of nitrogens with zero attached hydrogens (tertiary/aromatic N) is 2. The molecule has 0 spiro atoms. The van der Waals surface area contributed by atoms with E-state index in [0.29, 0.717) is 22.3 Å². The summed E-state index contributed by atoms with van der Waals surface area (Å²) in [6, 6.07) is 4.20. The van der Waals surface area contributed by atoms with E-state index in [1.165, 1.54) is 0 Å². The van der Waals surface area contributed by atoms with Gasteiger partial charge in [-0.2, -0.15) is 0 Å². The fraction of sp³-hybridized carbons (Fsp3) is 0.667. The topological polar surface area (TPSA) is 37.4 Å². The first-order valence-electron chi connectivity index (χ1n) is 7.60. The molecule has 1 N–H and O–H groups in total. The Balaban J connectivity index is 1.89. The molecule has 0 unspecified atom stereocenters. The summed E-state index contributed by atoms with van der Waals surface area (Å²) in [5.74, 6) is 0.567. The third-order valence-corrected chi connectivity index (χ3v) is 4.93. The lowest BCUT2D eigenvalue weighted by Crippen LogP contribution is -2.47. The maximum atomic E-state index is 6.39. The standard InChI is InChI=1S/C15H21Cl2N3O/c16-13-2-1-12(15(17)19-13)14(11-3-9-21-10-4-11)20-7-5-18-6-8-20/h1-2,11,14,18H,3-10H2/t14-/m0/s1. The molecule has 0 bridgehead atoms. The SMILES string of the molecule is Clc1ccc([C@H](C2CCOCC2)N2CCNCC2)c(Cl)n1. The minimum Gasteiger partial charge on any atom is -0.381 e. The van der Waals surface area contributed by atoms with Gasteiger partial charge in [0.15, 0.2) is 0 Å². The molecule has 1 aromatic heterocycles. The molecule has 3 heterocycles. The van der Waals surface area contributed by atoms with Crippen LogP contribution >= 0.6 is 23.2 Å². The van der Waals surface area contributed by atoms with Crippen LogP contribution in [0.2, 0.25) is 10.3 Å². The number of piperazine rings is 1. The van der Waals surface area contributed by atoms with E-state index in [2.05, 4.69) is 15.2 Å². The van der Waals surface area contributed by atoms with E-state index in [-0.39, 0.29) is 0 Å². The summed E-state index contributed by atoms with van der Waals surface area (Å²) in [5.41, 5.74) is 1.11. The largest absolute Gasteiger partial charge is 0.381 e. The number of ether oxygens (including phenoxy) is 1. The highest BCUT2D eigenvalue weighted by molar-refractivity contribution is 6.32. The molecule has 116 valence electrons. The molecule has 0 aliphatic carbocycles. The third kappa shape index (κ3) is 3.69. The number of rotatable bonds is 3. The van der Waals surface area contributed by atoms with Gasteiger partial charge in [0.1, 0.15) is 10.3 Å². The molecule has 1 aromatic rings. The lowest BCUT2D eigenvalue weighted by Gasteiger charge is -2.41. The molecule has 2 aliphatic rings. The van der Waals surface area contributed by atoms with Crippen molar-refractivity contribution in [3.8, 4) is 0 Å². The second-order valence-corrected chi connectivity index (χ2v) is 6.44. The highest BCUT2D eigenvalue weighted by Gasteiger charge is 2.32. The van der Waals surface area contributed by atoms with Crippen molar-refractivity contribution in [2.45, 2.75) is 18.9 Å². The summed E-state index contributed by atoms with van der Waals surface area (Å²) >= 11 is 12.3. The van der Waals surface area contributed by atoms with E-state index in [1.807, 2.05) is 12.1 Å². The predicted molar refractivity (Wildman–Crippen MR) is 85.0 cm³/mol. The fourth-order valence-electron chi connectivity index (χ4n) is 3.38. The quantitative estimate of drug-likeness (QED) is 0.865. The zero-order valence-corrected chi connectivity index (χ0v) is 13.5. The van der Waals surface area contributed by atoms with Gasteiger partial charge in [-0.1, -0.05) is 29.3 Å². The highest BCUT2D eigenvalue weighted by atomic mass is 35.5. The number of pyridine rings is 1. The van der Waals surface area contributed by atoms with Gasteiger partial charge in [0.2, 0.25) is 0 Å². The molecule has 0 amide bonds. The minimum atomic E-state index is 0.313. The first kappa shape index (κ1) is 15.5. The Kier molecular flexibility index (Phi) is 5.35. The van der Waals surface area contributed by atoms with Crippen LogP contribution in [0.15, 0.2) is 12.1 Å². The van der Waals surface area contributed by atoms with Gasteiger partial charge < -0.3 is 10.1 Å². The second kappa shape index (κ2) is 7.25. The Morgan fingerprint density at radius 2 is 1.90 bits per heavy atom. The van der Waals surface area contributed by atoms with Crippen molar-refractivity contribution in [3.05, 3.63) is 28.0 Å². The predicted octanol–water partition coefficient (Wildman–Crippen LogP) is 2.76. The van der Waals surface area contributed by atoms with Crippen molar-refractivity contribution in [2.24, 2.45) is 5.92 Å². The van der Waals surface area contributed by atoms with Gasteiger partial charge in [0, 0.05) is 51.0 Å². The molecule has 1 atom stereocenters. The van der Waals surface area contributed by atoms with Crippen LogP contribution in [0, 0.1) is 5.92 Å². The normalized spacial score (nSPS) is 23.1.